The first-order valence-electron chi connectivity index (χ1n) is 10.3. The maximum atomic E-state index is 12.4. The van der Waals surface area contributed by atoms with E-state index in [0.29, 0.717) is 12.6 Å². The topological polar surface area (TPSA) is 93.3 Å². The predicted octanol–water partition coefficient (Wildman–Crippen LogP) is 1.83. The second-order valence-corrected chi connectivity index (χ2v) is 8.16. The van der Waals surface area contributed by atoms with Gasteiger partial charge in [0.25, 0.3) is 0 Å². The van der Waals surface area contributed by atoms with Crippen molar-refractivity contribution in [1.29, 1.82) is 0 Å². The molecule has 28 heavy (non-hydrogen) atoms. The quantitative estimate of drug-likeness (QED) is 0.824. The Balaban J connectivity index is 1.23. The maximum absolute atomic E-state index is 12.4. The van der Waals surface area contributed by atoms with Crippen LogP contribution in [-0.4, -0.2) is 51.9 Å². The van der Waals surface area contributed by atoms with Crippen LogP contribution in [0.5, 0.6) is 0 Å². The molecule has 7 nitrogen and oxygen atoms in total. The molecular weight excluding hydrogens is 354 g/mol. The van der Waals surface area contributed by atoms with E-state index in [-0.39, 0.29) is 23.8 Å². The number of pyridine rings is 1. The van der Waals surface area contributed by atoms with Crippen molar-refractivity contribution in [3.05, 3.63) is 30.6 Å². The van der Waals surface area contributed by atoms with E-state index in [1.807, 2.05) is 12.3 Å². The van der Waals surface area contributed by atoms with Gasteiger partial charge in [-0.05, 0) is 69.8 Å². The number of hydrogen-bond donors (Lipinski definition) is 2. The number of nitrogens with zero attached hydrogens (tertiary/aromatic N) is 3. The number of likely N-dealkylation sites (tertiary alicyclic amines) is 1. The zero-order valence-corrected chi connectivity index (χ0v) is 16.2. The summed E-state index contributed by atoms with van der Waals surface area (Å²) in [6.45, 7) is 1.94. The minimum absolute atomic E-state index is 0.0335. The highest BCUT2D eigenvalue weighted by Crippen LogP contribution is 2.31. The van der Waals surface area contributed by atoms with Gasteiger partial charge in [-0.2, -0.15) is 0 Å². The van der Waals surface area contributed by atoms with Crippen LogP contribution < -0.4 is 11.1 Å². The molecule has 1 saturated heterocycles. The molecule has 1 aliphatic carbocycles. The fraction of sp³-hybridized carbons (Fsp3) is 0.571. The second-order valence-electron chi connectivity index (χ2n) is 8.16. The van der Waals surface area contributed by atoms with Crippen molar-refractivity contribution in [2.75, 3.05) is 19.6 Å². The minimum Gasteiger partial charge on any atom is -0.369 e. The average molecular weight is 383 g/mol. The molecule has 0 aromatic carbocycles. The molecular formula is C21H29N5O2. The zero-order chi connectivity index (χ0) is 19.5. The number of carbonyl (C=O) groups is 2. The van der Waals surface area contributed by atoms with Crippen LogP contribution in [-0.2, 0) is 9.59 Å². The van der Waals surface area contributed by atoms with Crippen molar-refractivity contribution in [3.8, 4) is 0 Å². The minimum atomic E-state index is -0.216. The lowest BCUT2D eigenvalue weighted by atomic mass is 9.91. The Labute approximate surface area is 165 Å². The van der Waals surface area contributed by atoms with E-state index in [1.54, 1.807) is 0 Å². The number of aromatic nitrogens is 2. The third kappa shape index (κ3) is 4.19. The molecule has 2 aromatic heterocycles. The summed E-state index contributed by atoms with van der Waals surface area (Å²) in [7, 11) is 0. The second kappa shape index (κ2) is 8.31. The van der Waals surface area contributed by atoms with E-state index in [9.17, 15) is 9.59 Å². The number of fused-ring (bicyclic) bond motifs is 1. The average Bonchev–Trinajstić information content (AvgIpc) is 3.13. The number of primary amides is 1. The number of amides is 2. The van der Waals surface area contributed by atoms with Gasteiger partial charge in [0.1, 0.15) is 5.65 Å². The van der Waals surface area contributed by atoms with Gasteiger partial charge in [-0.1, -0.05) is 0 Å². The van der Waals surface area contributed by atoms with Crippen LogP contribution in [0.25, 0.3) is 11.0 Å². The summed E-state index contributed by atoms with van der Waals surface area (Å²) in [6, 6.07) is 6.89. The number of nitrogens with one attached hydrogen (secondary N) is 1. The SMILES string of the molecule is NC(=O)C1CCN(CC(=O)NC2CCC(n3ccc4cccnc43)CC2)CC1. The zero-order valence-electron chi connectivity index (χ0n) is 16.2. The molecule has 3 N–H and O–H groups in total. The van der Waals surface area contributed by atoms with Crippen molar-refractivity contribution >= 4 is 22.8 Å². The summed E-state index contributed by atoms with van der Waals surface area (Å²) in [5, 5.41) is 4.38. The molecule has 2 aromatic rings. The Morgan fingerprint density at radius 2 is 1.86 bits per heavy atom. The van der Waals surface area contributed by atoms with Crippen LogP contribution in [0.2, 0.25) is 0 Å². The fourth-order valence-electron chi connectivity index (χ4n) is 4.63. The van der Waals surface area contributed by atoms with Crippen molar-refractivity contribution in [2.45, 2.75) is 50.6 Å². The Morgan fingerprint density at radius 3 is 2.57 bits per heavy atom. The van der Waals surface area contributed by atoms with Gasteiger partial charge in [-0.3, -0.25) is 14.5 Å². The lowest BCUT2D eigenvalue weighted by Gasteiger charge is -2.32. The predicted molar refractivity (Wildman–Crippen MR) is 108 cm³/mol. The first-order valence-corrected chi connectivity index (χ1v) is 10.3. The van der Waals surface area contributed by atoms with Gasteiger partial charge < -0.3 is 15.6 Å². The summed E-state index contributed by atoms with van der Waals surface area (Å²) >= 11 is 0. The molecule has 0 spiro atoms. The molecule has 4 rings (SSSR count). The van der Waals surface area contributed by atoms with Crippen molar-refractivity contribution < 1.29 is 9.59 Å². The van der Waals surface area contributed by atoms with Crippen LogP contribution >= 0.6 is 0 Å². The molecule has 0 atom stereocenters. The van der Waals surface area contributed by atoms with E-state index < -0.39 is 0 Å². The van der Waals surface area contributed by atoms with Crippen LogP contribution in [0.1, 0.15) is 44.6 Å². The van der Waals surface area contributed by atoms with E-state index in [0.717, 1.165) is 57.3 Å². The van der Waals surface area contributed by atoms with E-state index in [2.05, 4.69) is 38.1 Å². The van der Waals surface area contributed by atoms with Crippen molar-refractivity contribution in [3.63, 3.8) is 0 Å². The van der Waals surface area contributed by atoms with Crippen LogP contribution in [0.3, 0.4) is 0 Å². The molecule has 2 amide bonds. The molecule has 0 radical (unpaired) electrons. The van der Waals surface area contributed by atoms with Gasteiger partial charge in [0, 0.05) is 35.8 Å². The van der Waals surface area contributed by atoms with Gasteiger partial charge in [0.05, 0.1) is 6.54 Å². The normalized spacial score (nSPS) is 24.3. The van der Waals surface area contributed by atoms with Gasteiger partial charge in [-0.25, -0.2) is 4.98 Å². The Bertz CT molecular complexity index is 832. The largest absolute Gasteiger partial charge is 0.369 e. The number of piperidine rings is 1. The molecule has 3 heterocycles. The summed E-state index contributed by atoms with van der Waals surface area (Å²) in [5.74, 6) is -0.158. The van der Waals surface area contributed by atoms with Gasteiger partial charge in [0.2, 0.25) is 11.8 Å². The summed E-state index contributed by atoms with van der Waals surface area (Å²) in [6.07, 6.45) is 9.58. The van der Waals surface area contributed by atoms with Crippen LogP contribution in [0.4, 0.5) is 0 Å². The molecule has 0 bridgehead atoms. The highest BCUT2D eigenvalue weighted by Gasteiger charge is 2.27. The summed E-state index contributed by atoms with van der Waals surface area (Å²) in [5.41, 5.74) is 6.42. The monoisotopic (exact) mass is 383 g/mol. The van der Waals surface area contributed by atoms with Gasteiger partial charge >= 0.3 is 0 Å². The van der Waals surface area contributed by atoms with Gasteiger partial charge in [-0.15, -0.1) is 0 Å². The Morgan fingerprint density at radius 1 is 1.11 bits per heavy atom. The Kier molecular flexibility index (Phi) is 5.62. The molecule has 2 fully saturated rings. The lowest BCUT2D eigenvalue weighted by molar-refractivity contribution is -0.124. The summed E-state index contributed by atoms with van der Waals surface area (Å²) < 4.78 is 2.29. The molecule has 2 aliphatic rings. The number of nitrogens with two attached hydrogens (primary N) is 1. The smallest absolute Gasteiger partial charge is 0.234 e. The van der Waals surface area contributed by atoms with E-state index in [1.165, 1.54) is 5.39 Å². The number of rotatable bonds is 5. The number of hydrogen-bond acceptors (Lipinski definition) is 4. The summed E-state index contributed by atoms with van der Waals surface area (Å²) in [4.78, 5) is 30.3. The first kappa shape index (κ1) is 18.9. The lowest BCUT2D eigenvalue weighted by Crippen LogP contribution is -2.46. The standard InChI is InChI=1S/C21H29N5O2/c22-20(28)15-7-11-25(12-8-15)14-19(27)24-17-3-5-18(6-4-17)26-13-9-16-2-1-10-23-21(16)26/h1-2,9-10,13,15,17-18H,3-8,11-12,14H2,(H2,22,28)(H,24,27). The molecule has 1 saturated carbocycles. The van der Waals surface area contributed by atoms with Crippen LogP contribution in [0.15, 0.2) is 30.6 Å². The molecule has 1 aliphatic heterocycles. The van der Waals surface area contributed by atoms with Crippen LogP contribution in [0, 0.1) is 5.92 Å². The number of carbonyl (C=O) groups excluding carboxylic acids is 2. The highest BCUT2D eigenvalue weighted by atomic mass is 16.2. The van der Waals surface area contributed by atoms with Crippen molar-refractivity contribution in [2.24, 2.45) is 11.7 Å². The van der Waals surface area contributed by atoms with E-state index in [4.69, 9.17) is 5.73 Å². The van der Waals surface area contributed by atoms with E-state index >= 15 is 0 Å². The van der Waals surface area contributed by atoms with Gasteiger partial charge in [0.15, 0.2) is 0 Å². The molecule has 7 heteroatoms. The highest BCUT2D eigenvalue weighted by molar-refractivity contribution is 5.79. The molecule has 150 valence electrons. The maximum Gasteiger partial charge on any atom is 0.234 e. The third-order valence-corrected chi connectivity index (χ3v) is 6.29. The molecule has 0 unspecified atom stereocenters. The Hall–Kier alpha value is -2.41. The fourth-order valence-corrected chi connectivity index (χ4v) is 4.63. The first-order chi connectivity index (χ1) is 13.6. The van der Waals surface area contributed by atoms with Crippen molar-refractivity contribution in [1.82, 2.24) is 19.8 Å². The third-order valence-electron chi connectivity index (χ3n) is 6.29.